The van der Waals surface area contributed by atoms with E-state index in [-0.39, 0.29) is 12.6 Å². The van der Waals surface area contributed by atoms with Gasteiger partial charge in [-0.2, -0.15) is 0 Å². The molecule has 0 saturated heterocycles. The normalized spacial score (nSPS) is 16.9. The third-order valence-electron chi connectivity index (χ3n) is 4.48. The molecule has 0 fully saturated rings. The van der Waals surface area contributed by atoms with Crippen LogP contribution in [-0.4, -0.2) is 23.5 Å². The number of halogens is 1. The molecule has 1 aliphatic rings. The molecule has 0 spiro atoms. The second kappa shape index (κ2) is 8.39. The summed E-state index contributed by atoms with van der Waals surface area (Å²) in [6.45, 7) is 4.22. The number of allylic oxidation sites excluding steroid dienone is 1. The van der Waals surface area contributed by atoms with Crippen LogP contribution in [0.15, 0.2) is 70.3 Å². The highest BCUT2D eigenvalue weighted by molar-refractivity contribution is 9.10. The van der Waals surface area contributed by atoms with Crippen molar-refractivity contribution in [3.05, 3.63) is 81.5 Å². The topological polar surface area (TPSA) is 58.6 Å². The van der Waals surface area contributed by atoms with Crippen molar-refractivity contribution in [3.8, 4) is 0 Å². The van der Waals surface area contributed by atoms with Crippen molar-refractivity contribution in [1.29, 1.82) is 0 Å². The number of esters is 1. The van der Waals surface area contributed by atoms with E-state index in [4.69, 9.17) is 4.74 Å². The second-order valence-electron chi connectivity index (χ2n) is 6.23. The van der Waals surface area contributed by atoms with Gasteiger partial charge in [0.25, 0.3) is 0 Å². The predicted octanol–water partition coefficient (Wildman–Crippen LogP) is 4.55. The van der Waals surface area contributed by atoms with E-state index in [9.17, 15) is 9.59 Å². The number of hydrogen-bond donors (Lipinski definition) is 1. The number of benzene rings is 2. The van der Waals surface area contributed by atoms with Gasteiger partial charge in [-0.05, 0) is 37.1 Å². The Labute approximate surface area is 167 Å². The standard InChI is InChI=1S/C21H21BrN2O3/c1-3-27-20(25)18-14(2)24(13-15-7-5-4-6-8-15)21(26)23-19(18)16-9-11-17(22)12-10-16/h4-12,19H,3,13H2,1-2H3,(H,23,26). The Morgan fingerprint density at radius 2 is 1.81 bits per heavy atom. The Balaban J connectivity index is 2.02. The number of nitrogens with one attached hydrogen (secondary N) is 1. The fourth-order valence-corrected chi connectivity index (χ4v) is 3.38. The van der Waals surface area contributed by atoms with E-state index < -0.39 is 12.0 Å². The van der Waals surface area contributed by atoms with Crippen LogP contribution in [0.3, 0.4) is 0 Å². The molecule has 5 nitrogen and oxygen atoms in total. The number of rotatable bonds is 5. The molecule has 3 rings (SSSR count). The van der Waals surface area contributed by atoms with E-state index in [1.54, 1.807) is 18.7 Å². The summed E-state index contributed by atoms with van der Waals surface area (Å²) in [6, 6.07) is 16.4. The summed E-state index contributed by atoms with van der Waals surface area (Å²) in [6.07, 6.45) is 0. The SMILES string of the molecule is CCOC(=O)C1=C(C)N(Cc2ccccc2)C(=O)NC1c1ccc(Br)cc1. The van der Waals surface area contributed by atoms with E-state index in [0.29, 0.717) is 17.8 Å². The van der Waals surface area contributed by atoms with E-state index in [1.807, 2.05) is 54.6 Å². The first-order chi connectivity index (χ1) is 13.0. The summed E-state index contributed by atoms with van der Waals surface area (Å²) in [5.41, 5.74) is 2.87. The molecule has 27 heavy (non-hydrogen) atoms. The number of amides is 2. The maximum Gasteiger partial charge on any atom is 0.338 e. The predicted molar refractivity (Wildman–Crippen MR) is 107 cm³/mol. The molecule has 1 aliphatic heterocycles. The highest BCUT2D eigenvalue weighted by Gasteiger charge is 2.36. The highest BCUT2D eigenvalue weighted by atomic mass is 79.9. The molecule has 0 saturated carbocycles. The average Bonchev–Trinajstić information content (AvgIpc) is 2.66. The Bertz CT molecular complexity index is 863. The van der Waals surface area contributed by atoms with Gasteiger partial charge in [0.1, 0.15) is 0 Å². The molecular weight excluding hydrogens is 408 g/mol. The maximum atomic E-state index is 12.8. The first-order valence-corrected chi connectivity index (χ1v) is 9.56. The zero-order chi connectivity index (χ0) is 19.4. The summed E-state index contributed by atoms with van der Waals surface area (Å²) in [5.74, 6) is -0.416. The molecule has 1 unspecified atom stereocenters. The van der Waals surface area contributed by atoms with Gasteiger partial charge < -0.3 is 10.1 Å². The van der Waals surface area contributed by atoms with Gasteiger partial charge in [0.15, 0.2) is 0 Å². The summed E-state index contributed by atoms with van der Waals surface area (Å²) >= 11 is 3.41. The van der Waals surface area contributed by atoms with Crippen molar-refractivity contribution in [2.24, 2.45) is 0 Å². The molecule has 0 aromatic heterocycles. The van der Waals surface area contributed by atoms with Crippen LogP contribution in [0, 0.1) is 0 Å². The van der Waals surface area contributed by atoms with Gasteiger partial charge in [-0.1, -0.05) is 58.4 Å². The van der Waals surface area contributed by atoms with Crippen molar-refractivity contribution in [2.75, 3.05) is 6.61 Å². The number of carbonyl (C=O) groups excluding carboxylic acids is 2. The molecule has 2 amide bonds. The quantitative estimate of drug-likeness (QED) is 0.710. The number of ether oxygens (including phenoxy) is 1. The molecule has 140 valence electrons. The molecule has 0 bridgehead atoms. The van der Waals surface area contributed by atoms with Gasteiger partial charge in [-0.15, -0.1) is 0 Å². The molecule has 2 aromatic carbocycles. The van der Waals surface area contributed by atoms with Gasteiger partial charge >= 0.3 is 12.0 Å². The summed E-state index contributed by atoms with van der Waals surface area (Å²) in [5, 5.41) is 2.96. The number of carbonyl (C=O) groups is 2. The number of urea groups is 1. The minimum Gasteiger partial charge on any atom is -0.463 e. The van der Waals surface area contributed by atoms with Crippen LogP contribution in [0.1, 0.15) is 31.0 Å². The average molecular weight is 429 g/mol. The van der Waals surface area contributed by atoms with Gasteiger partial charge in [0, 0.05) is 10.2 Å². The van der Waals surface area contributed by atoms with E-state index in [0.717, 1.165) is 15.6 Å². The van der Waals surface area contributed by atoms with Crippen LogP contribution in [0.25, 0.3) is 0 Å². The lowest BCUT2D eigenvalue weighted by Crippen LogP contribution is -2.47. The molecule has 1 heterocycles. The smallest absolute Gasteiger partial charge is 0.338 e. The Hall–Kier alpha value is -2.60. The number of hydrogen-bond acceptors (Lipinski definition) is 3. The van der Waals surface area contributed by atoms with Gasteiger partial charge in [-0.25, -0.2) is 9.59 Å². The van der Waals surface area contributed by atoms with Crippen LogP contribution in [-0.2, 0) is 16.1 Å². The largest absolute Gasteiger partial charge is 0.463 e. The molecule has 1 N–H and O–H groups in total. The molecular formula is C21H21BrN2O3. The first kappa shape index (κ1) is 19.2. The molecule has 1 atom stereocenters. The van der Waals surface area contributed by atoms with Crippen molar-refractivity contribution >= 4 is 27.9 Å². The van der Waals surface area contributed by atoms with Crippen LogP contribution in [0.5, 0.6) is 0 Å². The lowest BCUT2D eigenvalue weighted by Gasteiger charge is -2.35. The zero-order valence-electron chi connectivity index (χ0n) is 15.2. The van der Waals surface area contributed by atoms with Crippen LogP contribution in [0.2, 0.25) is 0 Å². The lowest BCUT2D eigenvalue weighted by molar-refractivity contribution is -0.139. The molecule has 0 aliphatic carbocycles. The van der Waals surface area contributed by atoms with Crippen molar-refractivity contribution < 1.29 is 14.3 Å². The minimum atomic E-state index is -0.545. The van der Waals surface area contributed by atoms with Crippen molar-refractivity contribution in [2.45, 2.75) is 26.4 Å². The van der Waals surface area contributed by atoms with Crippen LogP contribution < -0.4 is 5.32 Å². The van der Waals surface area contributed by atoms with Gasteiger partial charge in [-0.3, -0.25) is 4.90 Å². The zero-order valence-corrected chi connectivity index (χ0v) is 16.8. The Kier molecular flexibility index (Phi) is 5.96. The maximum absolute atomic E-state index is 12.8. The van der Waals surface area contributed by atoms with Crippen LogP contribution >= 0.6 is 15.9 Å². The summed E-state index contributed by atoms with van der Waals surface area (Å²) < 4.78 is 6.21. The van der Waals surface area contributed by atoms with E-state index >= 15 is 0 Å². The van der Waals surface area contributed by atoms with Crippen molar-refractivity contribution in [3.63, 3.8) is 0 Å². The summed E-state index contributed by atoms with van der Waals surface area (Å²) in [4.78, 5) is 27.1. The van der Waals surface area contributed by atoms with Crippen molar-refractivity contribution in [1.82, 2.24) is 10.2 Å². The summed E-state index contributed by atoms with van der Waals surface area (Å²) in [7, 11) is 0. The van der Waals surface area contributed by atoms with Gasteiger partial charge in [0.2, 0.25) is 0 Å². The minimum absolute atomic E-state index is 0.239. The third kappa shape index (κ3) is 4.22. The monoisotopic (exact) mass is 428 g/mol. The fraction of sp³-hybridized carbons (Fsp3) is 0.238. The van der Waals surface area contributed by atoms with E-state index in [1.165, 1.54) is 0 Å². The first-order valence-electron chi connectivity index (χ1n) is 8.76. The Morgan fingerprint density at radius 1 is 1.15 bits per heavy atom. The fourth-order valence-electron chi connectivity index (χ4n) is 3.12. The van der Waals surface area contributed by atoms with Gasteiger partial charge in [0.05, 0.1) is 24.8 Å². The number of nitrogens with zero attached hydrogens (tertiary/aromatic N) is 1. The molecule has 2 aromatic rings. The third-order valence-corrected chi connectivity index (χ3v) is 5.01. The Morgan fingerprint density at radius 3 is 2.44 bits per heavy atom. The molecule has 0 radical (unpaired) electrons. The molecule has 6 heteroatoms. The lowest BCUT2D eigenvalue weighted by atomic mass is 9.94. The van der Waals surface area contributed by atoms with E-state index in [2.05, 4.69) is 21.2 Å². The highest BCUT2D eigenvalue weighted by Crippen LogP contribution is 2.32. The second-order valence-corrected chi connectivity index (χ2v) is 7.14. The van der Waals surface area contributed by atoms with Crippen LogP contribution in [0.4, 0.5) is 4.79 Å².